The van der Waals surface area contributed by atoms with E-state index in [-0.39, 0.29) is 23.1 Å². The summed E-state index contributed by atoms with van der Waals surface area (Å²) in [7, 11) is 0. The first-order chi connectivity index (χ1) is 8.86. The molecule has 19 heavy (non-hydrogen) atoms. The summed E-state index contributed by atoms with van der Waals surface area (Å²) in [5, 5.41) is 11.7. The number of rotatable bonds is 5. The molecule has 1 rings (SSSR count). The molecule has 0 spiro atoms. The number of nitrogens with one attached hydrogen (secondary N) is 1. The number of amides is 1. The molecule has 0 heterocycles. The lowest BCUT2D eigenvalue weighted by molar-refractivity contribution is -0.118. The summed E-state index contributed by atoms with van der Waals surface area (Å²) in [4.78, 5) is 23.0. The number of benzene rings is 1. The van der Waals surface area contributed by atoms with Gasteiger partial charge >= 0.3 is 5.97 Å². The van der Waals surface area contributed by atoms with Crippen molar-refractivity contribution >= 4 is 33.5 Å². The number of carbonyl (C=O) groups is 2. The third-order valence-corrected chi connectivity index (χ3v) is 3.52. The van der Waals surface area contributed by atoms with Crippen LogP contribution in [-0.2, 0) is 4.79 Å². The quantitative estimate of drug-likeness (QED) is 0.774. The van der Waals surface area contributed by atoms with Gasteiger partial charge in [0.1, 0.15) is 0 Å². The second-order valence-electron chi connectivity index (χ2n) is 4.40. The Kier molecular flexibility index (Phi) is 5.50. The zero-order chi connectivity index (χ0) is 14.6. The molecular weight excluding hydrogens is 312 g/mol. The lowest BCUT2D eigenvalue weighted by atomic mass is 9.99. The van der Waals surface area contributed by atoms with Crippen LogP contribution in [0.15, 0.2) is 22.7 Å². The molecule has 0 bridgehead atoms. The van der Waals surface area contributed by atoms with E-state index in [1.807, 2.05) is 13.8 Å². The van der Waals surface area contributed by atoms with Gasteiger partial charge < -0.3 is 16.2 Å². The van der Waals surface area contributed by atoms with Gasteiger partial charge in [-0.25, -0.2) is 4.79 Å². The molecular formula is C13H17BrN2O3. The molecule has 0 fully saturated rings. The van der Waals surface area contributed by atoms with Crippen LogP contribution in [0, 0.1) is 5.92 Å². The smallest absolute Gasteiger partial charge is 0.337 e. The first kappa shape index (κ1) is 15.7. The van der Waals surface area contributed by atoms with Crippen LogP contribution in [-0.4, -0.2) is 23.0 Å². The van der Waals surface area contributed by atoms with Gasteiger partial charge in [-0.15, -0.1) is 0 Å². The third-order valence-electron chi connectivity index (χ3n) is 3.03. The summed E-state index contributed by atoms with van der Waals surface area (Å²) in [5.74, 6) is -1.45. The number of hydrogen-bond donors (Lipinski definition) is 3. The van der Waals surface area contributed by atoms with Crippen LogP contribution in [0.5, 0.6) is 0 Å². The molecule has 5 nitrogen and oxygen atoms in total. The maximum atomic E-state index is 11.9. The minimum Gasteiger partial charge on any atom is -0.478 e. The van der Waals surface area contributed by atoms with Gasteiger partial charge in [-0.1, -0.05) is 36.2 Å². The van der Waals surface area contributed by atoms with E-state index < -0.39 is 12.0 Å². The van der Waals surface area contributed by atoms with Crippen molar-refractivity contribution in [1.82, 2.24) is 0 Å². The van der Waals surface area contributed by atoms with Crippen molar-refractivity contribution in [2.45, 2.75) is 26.3 Å². The van der Waals surface area contributed by atoms with E-state index in [4.69, 9.17) is 10.8 Å². The highest BCUT2D eigenvalue weighted by molar-refractivity contribution is 9.10. The molecule has 0 aromatic heterocycles. The molecule has 1 unspecified atom stereocenters. The van der Waals surface area contributed by atoms with Gasteiger partial charge in [0, 0.05) is 4.47 Å². The Morgan fingerprint density at radius 3 is 2.63 bits per heavy atom. The molecule has 1 aromatic rings. The molecule has 2 atom stereocenters. The van der Waals surface area contributed by atoms with Crippen molar-refractivity contribution < 1.29 is 14.7 Å². The minimum atomic E-state index is -1.10. The van der Waals surface area contributed by atoms with Crippen LogP contribution >= 0.6 is 15.9 Å². The zero-order valence-electron chi connectivity index (χ0n) is 10.8. The van der Waals surface area contributed by atoms with Crippen LogP contribution in [0.3, 0.4) is 0 Å². The van der Waals surface area contributed by atoms with Gasteiger partial charge in [0.25, 0.3) is 0 Å². The minimum absolute atomic E-state index is 0.0269. The Labute approximate surface area is 120 Å². The van der Waals surface area contributed by atoms with Crippen LogP contribution in [0.4, 0.5) is 5.69 Å². The predicted molar refractivity (Wildman–Crippen MR) is 77.2 cm³/mol. The van der Waals surface area contributed by atoms with Gasteiger partial charge in [-0.05, 0) is 24.1 Å². The van der Waals surface area contributed by atoms with Gasteiger partial charge in [-0.3, -0.25) is 4.79 Å². The normalized spacial score (nSPS) is 13.7. The number of aromatic carboxylic acids is 1. The van der Waals surface area contributed by atoms with Gasteiger partial charge in [0.15, 0.2) is 0 Å². The van der Waals surface area contributed by atoms with E-state index in [9.17, 15) is 9.59 Å². The SMILES string of the molecule is CCC(C)[C@H](N)C(=O)Nc1ccc(Br)cc1C(=O)O. The average Bonchev–Trinajstić information content (AvgIpc) is 2.38. The fourth-order valence-electron chi connectivity index (χ4n) is 1.53. The second kappa shape index (κ2) is 6.68. The van der Waals surface area contributed by atoms with Crippen LogP contribution in [0.25, 0.3) is 0 Å². The Morgan fingerprint density at radius 2 is 2.11 bits per heavy atom. The number of carboxylic acids is 1. The predicted octanol–water partition coefficient (Wildman–Crippen LogP) is 2.46. The summed E-state index contributed by atoms with van der Waals surface area (Å²) in [6.45, 7) is 3.82. The van der Waals surface area contributed by atoms with Crippen LogP contribution in [0.1, 0.15) is 30.6 Å². The Bertz CT molecular complexity index is 491. The van der Waals surface area contributed by atoms with Crippen LogP contribution in [0.2, 0.25) is 0 Å². The molecule has 4 N–H and O–H groups in total. The number of halogens is 1. The number of carboxylic acid groups (broad SMARTS) is 1. The molecule has 104 valence electrons. The number of nitrogens with two attached hydrogens (primary N) is 1. The van der Waals surface area contributed by atoms with E-state index in [0.29, 0.717) is 4.47 Å². The van der Waals surface area contributed by atoms with Crippen molar-refractivity contribution in [2.24, 2.45) is 11.7 Å². The monoisotopic (exact) mass is 328 g/mol. The molecule has 0 aliphatic carbocycles. The van der Waals surface area contributed by atoms with E-state index in [2.05, 4.69) is 21.2 Å². The molecule has 1 aromatic carbocycles. The largest absolute Gasteiger partial charge is 0.478 e. The number of hydrogen-bond acceptors (Lipinski definition) is 3. The van der Waals surface area contributed by atoms with Crippen molar-refractivity contribution in [3.63, 3.8) is 0 Å². The van der Waals surface area contributed by atoms with E-state index in [1.165, 1.54) is 12.1 Å². The lowest BCUT2D eigenvalue weighted by Gasteiger charge is -2.18. The Morgan fingerprint density at radius 1 is 1.47 bits per heavy atom. The molecule has 0 saturated carbocycles. The highest BCUT2D eigenvalue weighted by Crippen LogP contribution is 2.21. The summed E-state index contributed by atoms with van der Waals surface area (Å²) in [6, 6.07) is 3.98. The van der Waals surface area contributed by atoms with Gasteiger partial charge in [0.05, 0.1) is 17.3 Å². The Hall–Kier alpha value is -1.40. The second-order valence-corrected chi connectivity index (χ2v) is 5.31. The molecule has 0 aliphatic heterocycles. The first-order valence-electron chi connectivity index (χ1n) is 5.96. The maximum absolute atomic E-state index is 11.9. The van der Waals surface area contributed by atoms with Gasteiger partial charge in [-0.2, -0.15) is 0 Å². The van der Waals surface area contributed by atoms with Crippen molar-refractivity contribution in [2.75, 3.05) is 5.32 Å². The highest BCUT2D eigenvalue weighted by Gasteiger charge is 2.21. The number of carbonyl (C=O) groups excluding carboxylic acids is 1. The molecule has 0 saturated heterocycles. The molecule has 0 aliphatic rings. The molecule has 1 amide bonds. The van der Waals surface area contributed by atoms with Crippen molar-refractivity contribution in [1.29, 1.82) is 0 Å². The highest BCUT2D eigenvalue weighted by atomic mass is 79.9. The fraction of sp³-hybridized carbons (Fsp3) is 0.385. The third kappa shape index (κ3) is 4.04. The lowest BCUT2D eigenvalue weighted by Crippen LogP contribution is -2.40. The summed E-state index contributed by atoms with van der Waals surface area (Å²) < 4.78 is 0.633. The first-order valence-corrected chi connectivity index (χ1v) is 6.75. The van der Waals surface area contributed by atoms with Crippen molar-refractivity contribution in [3.8, 4) is 0 Å². The summed E-state index contributed by atoms with van der Waals surface area (Å²) in [6.07, 6.45) is 0.778. The summed E-state index contributed by atoms with van der Waals surface area (Å²) >= 11 is 3.19. The van der Waals surface area contributed by atoms with E-state index >= 15 is 0 Å². The topological polar surface area (TPSA) is 92.4 Å². The fourth-order valence-corrected chi connectivity index (χ4v) is 1.89. The Balaban J connectivity index is 2.94. The van der Waals surface area contributed by atoms with E-state index in [1.54, 1.807) is 6.07 Å². The average molecular weight is 329 g/mol. The van der Waals surface area contributed by atoms with Crippen LogP contribution < -0.4 is 11.1 Å². The molecule has 0 radical (unpaired) electrons. The molecule has 6 heteroatoms. The zero-order valence-corrected chi connectivity index (χ0v) is 12.4. The van der Waals surface area contributed by atoms with E-state index in [0.717, 1.165) is 6.42 Å². The maximum Gasteiger partial charge on any atom is 0.337 e. The van der Waals surface area contributed by atoms with Gasteiger partial charge in [0.2, 0.25) is 5.91 Å². The summed E-state index contributed by atoms with van der Waals surface area (Å²) in [5.41, 5.74) is 6.08. The standard InChI is InChI=1S/C13H17BrN2O3/c1-3-7(2)11(15)12(17)16-10-5-4-8(14)6-9(10)13(18)19/h4-7,11H,3,15H2,1-2H3,(H,16,17)(H,18,19)/t7?,11-/m0/s1. The van der Waals surface area contributed by atoms with Crippen molar-refractivity contribution in [3.05, 3.63) is 28.2 Å². The number of anilines is 1.